The van der Waals surface area contributed by atoms with Gasteiger partial charge < -0.3 is 13.3 Å². The van der Waals surface area contributed by atoms with E-state index in [2.05, 4.69) is 4.90 Å². The lowest BCUT2D eigenvalue weighted by atomic mass is 10.9. The van der Waals surface area contributed by atoms with Gasteiger partial charge in [-0.25, -0.2) is 0 Å². The summed E-state index contributed by atoms with van der Waals surface area (Å²) in [6.07, 6.45) is 0.850. The van der Waals surface area contributed by atoms with Crippen molar-refractivity contribution in [2.24, 2.45) is 0 Å². The molecule has 1 aliphatic heterocycles. The highest BCUT2D eigenvalue weighted by atomic mass is 28.4. The van der Waals surface area contributed by atoms with Crippen molar-refractivity contribution in [2.75, 3.05) is 39.1 Å². The molecule has 1 heterocycles. The predicted octanol–water partition coefficient (Wildman–Crippen LogP) is 0.890. The first-order chi connectivity index (χ1) is 6.76. The van der Waals surface area contributed by atoms with Crippen molar-refractivity contribution in [2.45, 2.75) is 20.8 Å². The van der Waals surface area contributed by atoms with Gasteiger partial charge in [-0.1, -0.05) is 0 Å². The topological polar surface area (TPSA) is 30.7 Å². The first-order valence-electron chi connectivity index (χ1n) is 5.40. The monoisotopic (exact) mass is 219 g/mol. The average Bonchev–Trinajstić information content (AvgIpc) is 2.89. The summed E-state index contributed by atoms with van der Waals surface area (Å²) in [5.74, 6) is 0. The van der Waals surface area contributed by atoms with E-state index in [-0.39, 0.29) is 0 Å². The van der Waals surface area contributed by atoms with Gasteiger partial charge in [-0.2, -0.15) is 0 Å². The van der Waals surface area contributed by atoms with Crippen LogP contribution in [0.15, 0.2) is 0 Å². The lowest BCUT2D eigenvalue weighted by Gasteiger charge is -2.28. The quantitative estimate of drug-likeness (QED) is 0.448. The standard InChI is InChI=1S/C9H21NO3Si/c1-4-11-14(12-5-2,13-6-3)9-10-7-8-10/h4-9H2,1-3H3. The van der Waals surface area contributed by atoms with Gasteiger partial charge in [0.1, 0.15) is 0 Å². The fraction of sp³-hybridized carbons (Fsp3) is 1.00. The summed E-state index contributed by atoms with van der Waals surface area (Å²) in [6, 6.07) is 0. The van der Waals surface area contributed by atoms with Gasteiger partial charge >= 0.3 is 8.80 Å². The molecule has 84 valence electrons. The Hall–Kier alpha value is 0.0569. The van der Waals surface area contributed by atoms with Crippen molar-refractivity contribution < 1.29 is 13.3 Å². The fourth-order valence-corrected chi connectivity index (χ4v) is 4.13. The van der Waals surface area contributed by atoms with Crippen molar-refractivity contribution in [1.82, 2.24) is 4.90 Å². The van der Waals surface area contributed by atoms with Gasteiger partial charge in [0.25, 0.3) is 0 Å². The van der Waals surface area contributed by atoms with Crippen molar-refractivity contribution >= 4 is 8.80 Å². The second-order valence-corrected chi connectivity index (χ2v) is 5.81. The molecule has 0 atom stereocenters. The SMILES string of the molecule is CCO[Si](CN1CC1)(OCC)OCC. The summed E-state index contributed by atoms with van der Waals surface area (Å²) in [4.78, 5) is 2.30. The highest BCUT2D eigenvalue weighted by molar-refractivity contribution is 6.61. The Morgan fingerprint density at radius 3 is 1.64 bits per heavy atom. The second kappa shape index (κ2) is 5.82. The first kappa shape index (κ1) is 12.1. The largest absolute Gasteiger partial charge is 0.515 e. The van der Waals surface area contributed by atoms with E-state index in [4.69, 9.17) is 13.3 Å². The molecule has 0 saturated carbocycles. The Balaban J connectivity index is 2.49. The molecule has 14 heavy (non-hydrogen) atoms. The van der Waals surface area contributed by atoms with Crippen LogP contribution in [0.3, 0.4) is 0 Å². The third kappa shape index (κ3) is 3.66. The minimum Gasteiger partial charge on any atom is -0.373 e. The van der Waals surface area contributed by atoms with Gasteiger partial charge in [0.15, 0.2) is 0 Å². The maximum atomic E-state index is 5.71. The van der Waals surface area contributed by atoms with Crippen LogP contribution in [0.4, 0.5) is 0 Å². The molecule has 0 bridgehead atoms. The van der Waals surface area contributed by atoms with E-state index >= 15 is 0 Å². The molecule has 0 N–H and O–H groups in total. The Bertz CT molecular complexity index is 147. The predicted molar refractivity (Wildman–Crippen MR) is 57.1 cm³/mol. The van der Waals surface area contributed by atoms with Crippen LogP contribution in [-0.4, -0.2) is 52.8 Å². The van der Waals surface area contributed by atoms with Gasteiger partial charge in [-0.15, -0.1) is 0 Å². The molecule has 0 aromatic carbocycles. The smallest absolute Gasteiger partial charge is 0.373 e. The molecule has 0 spiro atoms. The summed E-state index contributed by atoms with van der Waals surface area (Å²) in [7, 11) is -2.37. The van der Waals surface area contributed by atoms with Gasteiger partial charge in [0, 0.05) is 32.9 Å². The fourth-order valence-electron chi connectivity index (χ4n) is 1.42. The normalized spacial score (nSPS) is 17.4. The summed E-state index contributed by atoms with van der Waals surface area (Å²) in [5, 5.41) is 0. The zero-order valence-corrected chi connectivity index (χ0v) is 10.4. The van der Waals surface area contributed by atoms with Gasteiger partial charge in [-0.05, 0) is 20.8 Å². The molecule has 0 aromatic heterocycles. The lowest BCUT2D eigenvalue weighted by Crippen LogP contribution is -2.52. The molecular weight excluding hydrogens is 198 g/mol. The third-order valence-corrected chi connectivity index (χ3v) is 5.07. The molecule has 0 amide bonds. The van der Waals surface area contributed by atoms with Crippen molar-refractivity contribution in [3.8, 4) is 0 Å². The van der Waals surface area contributed by atoms with Crippen LogP contribution >= 0.6 is 0 Å². The van der Waals surface area contributed by atoms with E-state index in [1.807, 2.05) is 20.8 Å². The Morgan fingerprint density at radius 2 is 1.36 bits per heavy atom. The Labute approximate surface area is 87.5 Å². The molecule has 1 rings (SSSR count). The van der Waals surface area contributed by atoms with Gasteiger partial charge in [-0.3, -0.25) is 4.90 Å². The van der Waals surface area contributed by atoms with Crippen LogP contribution in [0, 0.1) is 0 Å². The minimum atomic E-state index is -2.37. The molecule has 0 aliphatic carbocycles. The molecule has 4 nitrogen and oxygen atoms in total. The highest BCUT2D eigenvalue weighted by Gasteiger charge is 2.44. The van der Waals surface area contributed by atoms with Gasteiger partial charge in [0.2, 0.25) is 0 Å². The number of hydrogen-bond donors (Lipinski definition) is 0. The summed E-state index contributed by atoms with van der Waals surface area (Å²) in [5.41, 5.74) is 0. The number of nitrogens with zero attached hydrogens (tertiary/aromatic N) is 1. The van der Waals surface area contributed by atoms with E-state index in [1.165, 1.54) is 0 Å². The zero-order chi connectivity index (χ0) is 10.4. The number of rotatable bonds is 8. The van der Waals surface area contributed by atoms with Crippen molar-refractivity contribution in [3.05, 3.63) is 0 Å². The molecule has 1 aliphatic rings. The van der Waals surface area contributed by atoms with E-state index in [0.29, 0.717) is 19.8 Å². The van der Waals surface area contributed by atoms with Crippen LogP contribution < -0.4 is 0 Å². The van der Waals surface area contributed by atoms with Crippen LogP contribution in [0.5, 0.6) is 0 Å². The molecular formula is C9H21NO3Si. The van der Waals surface area contributed by atoms with Crippen LogP contribution in [-0.2, 0) is 13.3 Å². The number of hydrogen-bond acceptors (Lipinski definition) is 4. The molecule has 5 heteroatoms. The maximum Gasteiger partial charge on any atom is 0.515 e. The molecule has 0 unspecified atom stereocenters. The minimum absolute atomic E-state index is 0.667. The molecule has 1 saturated heterocycles. The second-order valence-electron chi connectivity index (χ2n) is 3.26. The summed E-state index contributed by atoms with van der Waals surface area (Å²) >= 11 is 0. The average molecular weight is 219 g/mol. The van der Waals surface area contributed by atoms with E-state index in [9.17, 15) is 0 Å². The van der Waals surface area contributed by atoms with E-state index < -0.39 is 8.80 Å². The van der Waals surface area contributed by atoms with Crippen LogP contribution in [0.1, 0.15) is 20.8 Å². The first-order valence-corrected chi connectivity index (χ1v) is 7.33. The third-order valence-electron chi connectivity index (χ3n) is 2.05. The van der Waals surface area contributed by atoms with E-state index in [0.717, 1.165) is 19.3 Å². The Kier molecular flexibility index (Phi) is 5.04. The summed E-state index contributed by atoms with van der Waals surface area (Å²) < 4.78 is 17.1. The molecule has 0 aromatic rings. The van der Waals surface area contributed by atoms with Gasteiger partial charge in [0.05, 0.1) is 6.17 Å². The highest BCUT2D eigenvalue weighted by Crippen LogP contribution is 2.16. The van der Waals surface area contributed by atoms with Crippen LogP contribution in [0.25, 0.3) is 0 Å². The maximum absolute atomic E-state index is 5.71. The van der Waals surface area contributed by atoms with Crippen LogP contribution in [0.2, 0.25) is 0 Å². The molecule has 1 fully saturated rings. The van der Waals surface area contributed by atoms with E-state index in [1.54, 1.807) is 0 Å². The lowest BCUT2D eigenvalue weighted by molar-refractivity contribution is 0.0659. The van der Waals surface area contributed by atoms with Crippen molar-refractivity contribution in [3.63, 3.8) is 0 Å². The molecule has 0 radical (unpaired) electrons. The zero-order valence-electron chi connectivity index (χ0n) is 9.41. The van der Waals surface area contributed by atoms with Crippen molar-refractivity contribution in [1.29, 1.82) is 0 Å². The Morgan fingerprint density at radius 1 is 0.929 bits per heavy atom. The summed E-state index contributed by atoms with van der Waals surface area (Å²) in [6.45, 7) is 10.3.